The van der Waals surface area contributed by atoms with Gasteiger partial charge in [-0.05, 0) is 10.8 Å². The Morgan fingerprint density at radius 1 is 1.17 bits per heavy atom. The molecule has 0 aliphatic carbocycles. The highest BCUT2D eigenvalue weighted by Crippen LogP contribution is 2.50. The normalized spacial score (nSPS) is 16.1. The molecule has 136 valence electrons. The smallest absolute Gasteiger partial charge is 0.405 e. The summed E-state index contributed by atoms with van der Waals surface area (Å²) in [5.74, 6) is -0.428. The summed E-state index contributed by atoms with van der Waals surface area (Å²) in [4.78, 5) is 22.7. The molecular formula is C15H27N5O4. The fourth-order valence-electron chi connectivity index (χ4n) is 3.28. The first-order valence-electron chi connectivity index (χ1n) is 7.66. The fourth-order valence-corrected chi connectivity index (χ4v) is 3.28. The molecule has 24 heavy (non-hydrogen) atoms. The Bertz CT molecular complexity index is 574. The number of nitrogens with one attached hydrogen (secondary N) is 3. The summed E-state index contributed by atoms with van der Waals surface area (Å²) < 4.78 is 0. The molecule has 0 aliphatic rings. The lowest BCUT2D eigenvalue weighted by atomic mass is 9.57. The van der Waals surface area contributed by atoms with Gasteiger partial charge in [0.2, 0.25) is 0 Å². The SMILES string of the molecule is CC(C)(C)C(CNC(=O)O)[C@@](NC(=O)O)(c1cn[nH]n1)C(C)(C)C. The highest BCUT2D eigenvalue weighted by Gasteiger charge is 2.56. The maximum Gasteiger partial charge on any atom is 0.405 e. The molecule has 0 fully saturated rings. The van der Waals surface area contributed by atoms with E-state index < -0.39 is 34.5 Å². The van der Waals surface area contributed by atoms with Crippen LogP contribution in [0.5, 0.6) is 0 Å². The van der Waals surface area contributed by atoms with E-state index >= 15 is 0 Å². The summed E-state index contributed by atoms with van der Waals surface area (Å²) in [6, 6.07) is 0. The highest BCUT2D eigenvalue weighted by molar-refractivity contribution is 5.67. The first-order valence-corrected chi connectivity index (χ1v) is 7.66. The van der Waals surface area contributed by atoms with Gasteiger partial charge in [-0.3, -0.25) is 0 Å². The Labute approximate surface area is 141 Å². The first-order chi connectivity index (χ1) is 10.8. The van der Waals surface area contributed by atoms with Crippen molar-refractivity contribution in [2.75, 3.05) is 6.54 Å². The quantitative estimate of drug-likeness (QED) is 0.556. The van der Waals surface area contributed by atoms with Crippen molar-refractivity contribution in [2.45, 2.75) is 47.1 Å². The number of hydrogen-bond donors (Lipinski definition) is 5. The van der Waals surface area contributed by atoms with E-state index in [0.717, 1.165) is 0 Å². The molecule has 1 heterocycles. The van der Waals surface area contributed by atoms with Crippen molar-refractivity contribution < 1.29 is 19.8 Å². The second-order valence-electron chi connectivity index (χ2n) is 7.95. The molecule has 0 aliphatic heterocycles. The molecule has 2 atom stereocenters. The molecule has 9 nitrogen and oxygen atoms in total. The lowest BCUT2D eigenvalue weighted by Crippen LogP contribution is -2.64. The van der Waals surface area contributed by atoms with Crippen LogP contribution >= 0.6 is 0 Å². The first kappa shape index (κ1) is 19.7. The molecule has 0 saturated heterocycles. The standard InChI is InChI=1S/C15H27N5O4/c1-13(2,3)9(7-16-11(21)22)15(14(4,5)6,18-12(23)24)10-8-17-20-19-10/h8-9,16,18H,7H2,1-6H3,(H,21,22)(H,23,24)(H,17,19,20)/t9?,15-/m1/s1. The maximum atomic E-state index is 11.6. The summed E-state index contributed by atoms with van der Waals surface area (Å²) in [5.41, 5.74) is -1.78. The van der Waals surface area contributed by atoms with E-state index in [1.165, 1.54) is 6.20 Å². The molecular weight excluding hydrogens is 314 g/mol. The average Bonchev–Trinajstić information content (AvgIpc) is 2.87. The third kappa shape index (κ3) is 3.95. The van der Waals surface area contributed by atoms with Crippen molar-refractivity contribution in [1.82, 2.24) is 26.0 Å². The van der Waals surface area contributed by atoms with Gasteiger partial charge in [-0.15, -0.1) is 0 Å². The minimum atomic E-state index is -1.21. The zero-order valence-corrected chi connectivity index (χ0v) is 15.0. The number of carbonyl (C=O) groups is 2. The van der Waals surface area contributed by atoms with Crippen LogP contribution in [0.25, 0.3) is 0 Å². The second kappa shape index (κ2) is 6.66. The zero-order valence-electron chi connectivity index (χ0n) is 15.0. The average molecular weight is 341 g/mol. The van der Waals surface area contributed by atoms with Crippen LogP contribution < -0.4 is 10.6 Å². The highest BCUT2D eigenvalue weighted by atomic mass is 16.4. The number of hydrogen-bond acceptors (Lipinski definition) is 4. The van der Waals surface area contributed by atoms with E-state index in [1.807, 2.05) is 41.5 Å². The number of aromatic amines is 1. The lowest BCUT2D eigenvalue weighted by molar-refractivity contribution is 0.00313. The molecule has 1 rings (SSSR count). The van der Waals surface area contributed by atoms with E-state index in [0.29, 0.717) is 5.69 Å². The predicted molar refractivity (Wildman–Crippen MR) is 87.6 cm³/mol. The van der Waals surface area contributed by atoms with Crippen molar-refractivity contribution in [3.05, 3.63) is 11.9 Å². The molecule has 1 aromatic heterocycles. The third-order valence-corrected chi connectivity index (χ3v) is 4.33. The number of aromatic nitrogens is 3. The molecule has 2 amide bonds. The van der Waals surface area contributed by atoms with Gasteiger partial charge in [0.05, 0.1) is 11.7 Å². The van der Waals surface area contributed by atoms with Gasteiger partial charge < -0.3 is 20.8 Å². The van der Waals surface area contributed by atoms with Crippen LogP contribution in [-0.2, 0) is 5.54 Å². The van der Waals surface area contributed by atoms with E-state index in [-0.39, 0.29) is 6.54 Å². The molecule has 1 unspecified atom stereocenters. The van der Waals surface area contributed by atoms with Crippen molar-refractivity contribution in [1.29, 1.82) is 0 Å². The van der Waals surface area contributed by atoms with Gasteiger partial charge in [0, 0.05) is 12.5 Å². The molecule has 0 radical (unpaired) electrons. The third-order valence-electron chi connectivity index (χ3n) is 4.33. The number of nitrogens with zero attached hydrogens (tertiary/aromatic N) is 2. The van der Waals surface area contributed by atoms with E-state index in [2.05, 4.69) is 26.0 Å². The Hall–Kier alpha value is -2.32. The molecule has 0 saturated carbocycles. The van der Waals surface area contributed by atoms with Crippen LogP contribution in [0.15, 0.2) is 6.20 Å². The van der Waals surface area contributed by atoms with E-state index in [1.54, 1.807) is 0 Å². The van der Waals surface area contributed by atoms with Gasteiger partial charge in [-0.1, -0.05) is 41.5 Å². The molecule has 5 N–H and O–H groups in total. The van der Waals surface area contributed by atoms with Crippen molar-refractivity contribution in [3.63, 3.8) is 0 Å². The second-order valence-corrected chi connectivity index (χ2v) is 7.95. The fraction of sp³-hybridized carbons (Fsp3) is 0.733. The van der Waals surface area contributed by atoms with Crippen LogP contribution in [0, 0.1) is 16.7 Å². The van der Waals surface area contributed by atoms with Crippen molar-refractivity contribution in [2.24, 2.45) is 16.7 Å². The van der Waals surface area contributed by atoms with Crippen molar-refractivity contribution in [3.8, 4) is 0 Å². The summed E-state index contributed by atoms with van der Waals surface area (Å²) in [6.45, 7) is 11.5. The minimum absolute atomic E-state index is 0.0588. The maximum absolute atomic E-state index is 11.6. The van der Waals surface area contributed by atoms with Gasteiger partial charge in [-0.25, -0.2) is 9.59 Å². The molecule has 9 heteroatoms. The van der Waals surface area contributed by atoms with Crippen LogP contribution in [0.2, 0.25) is 0 Å². The minimum Gasteiger partial charge on any atom is -0.465 e. The van der Waals surface area contributed by atoms with Gasteiger partial charge in [0.1, 0.15) is 5.69 Å². The van der Waals surface area contributed by atoms with Crippen LogP contribution in [0.4, 0.5) is 9.59 Å². The number of rotatable bonds is 5. The molecule has 0 aromatic carbocycles. The molecule has 0 bridgehead atoms. The number of carboxylic acid groups (broad SMARTS) is 2. The number of H-pyrrole nitrogens is 1. The van der Waals surface area contributed by atoms with Crippen LogP contribution in [-0.4, -0.2) is 44.4 Å². The Balaban J connectivity index is 3.62. The number of amides is 2. The van der Waals surface area contributed by atoms with E-state index in [4.69, 9.17) is 5.11 Å². The molecule has 1 aromatic rings. The zero-order chi connectivity index (χ0) is 18.8. The molecule has 0 spiro atoms. The van der Waals surface area contributed by atoms with Gasteiger partial charge in [0.15, 0.2) is 0 Å². The summed E-state index contributed by atoms with van der Waals surface area (Å²) >= 11 is 0. The van der Waals surface area contributed by atoms with Gasteiger partial charge in [0.25, 0.3) is 0 Å². The predicted octanol–water partition coefficient (Wildman–Crippen LogP) is 2.24. The van der Waals surface area contributed by atoms with Crippen LogP contribution in [0.1, 0.15) is 47.2 Å². The summed E-state index contributed by atoms with van der Waals surface area (Å²) in [7, 11) is 0. The monoisotopic (exact) mass is 341 g/mol. The van der Waals surface area contributed by atoms with Gasteiger partial charge >= 0.3 is 12.2 Å². The lowest BCUT2D eigenvalue weighted by Gasteiger charge is -2.52. The van der Waals surface area contributed by atoms with Crippen LogP contribution in [0.3, 0.4) is 0 Å². The van der Waals surface area contributed by atoms with Crippen molar-refractivity contribution >= 4 is 12.2 Å². The van der Waals surface area contributed by atoms with Gasteiger partial charge in [-0.2, -0.15) is 15.4 Å². The Morgan fingerprint density at radius 3 is 2.08 bits per heavy atom. The van der Waals surface area contributed by atoms with E-state index in [9.17, 15) is 14.7 Å². The largest absolute Gasteiger partial charge is 0.465 e. The Kier molecular flexibility index (Phi) is 5.47. The summed E-state index contributed by atoms with van der Waals surface area (Å²) in [5, 5.41) is 34.0. The Morgan fingerprint density at radius 2 is 1.75 bits per heavy atom. The summed E-state index contributed by atoms with van der Waals surface area (Å²) in [6.07, 6.45) is -0.902. The topological polar surface area (TPSA) is 140 Å².